The van der Waals surface area contributed by atoms with E-state index >= 15 is 0 Å². The molecule has 0 aliphatic carbocycles. The van der Waals surface area contributed by atoms with Crippen LogP contribution in [0, 0.1) is 13.8 Å². The summed E-state index contributed by atoms with van der Waals surface area (Å²) in [6, 6.07) is 13.2. The number of halogens is 1. The van der Waals surface area contributed by atoms with Crippen LogP contribution < -0.4 is 0 Å². The Kier molecular flexibility index (Phi) is 3.68. The van der Waals surface area contributed by atoms with Crippen molar-refractivity contribution < 1.29 is 0 Å². The molecule has 0 saturated heterocycles. The van der Waals surface area contributed by atoms with Gasteiger partial charge in [-0.25, -0.2) is 0 Å². The molecule has 2 aromatic carbocycles. The molecule has 0 saturated carbocycles. The minimum absolute atomic E-state index is 1.07. The number of benzene rings is 2. The number of rotatable bonds is 2. The van der Waals surface area contributed by atoms with Gasteiger partial charge in [0.2, 0.25) is 0 Å². The molecule has 0 fully saturated rings. The molecule has 17 heavy (non-hydrogen) atoms. The normalized spacial score (nSPS) is 10.6. The van der Waals surface area contributed by atoms with E-state index < -0.39 is 0 Å². The predicted octanol–water partition coefficient (Wildman–Crippen LogP) is 5.30. The van der Waals surface area contributed by atoms with Crippen molar-refractivity contribution in [3.8, 4) is 11.1 Å². The molecule has 0 unspecified atom stereocenters. The molecule has 0 atom stereocenters. The summed E-state index contributed by atoms with van der Waals surface area (Å²) < 4.78 is 1.14. The van der Waals surface area contributed by atoms with Crippen molar-refractivity contribution in [2.45, 2.75) is 27.2 Å². The Hall–Kier alpha value is -1.08. The average molecular weight is 289 g/mol. The monoisotopic (exact) mass is 288 g/mol. The quantitative estimate of drug-likeness (QED) is 0.704. The minimum Gasteiger partial charge on any atom is -0.0613 e. The number of hydrogen-bond acceptors (Lipinski definition) is 0. The third-order valence-electron chi connectivity index (χ3n) is 3.14. The Morgan fingerprint density at radius 1 is 0.941 bits per heavy atom. The first-order chi connectivity index (χ1) is 8.11. The summed E-state index contributed by atoms with van der Waals surface area (Å²) in [5, 5.41) is 0. The van der Waals surface area contributed by atoms with E-state index in [4.69, 9.17) is 0 Å². The van der Waals surface area contributed by atoms with Crippen molar-refractivity contribution in [2.24, 2.45) is 0 Å². The van der Waals surface area contributed by atoms with Crippen LogP contribution in [0.25, 0.3) is 11.1 Å². The van der Waals surface area contributed by atoms with Crippen molar-refractivity contribution in [1.29, 1.82) is 0 Å². The van der Waals surface area contributed by atoms with Crippen LogP contribution in [0.1, 0.15) is 23.6 Å². The third kappa shape index (κ3) is 2.61. The second kappa shape index (κ2) is 5.05. The van der Waals surface area contributed by atoms with Gasteiger partial charge in [-0.15, -0.1) is 0 Å². The lowest BCUT2D eigenvalue weighted by Crippen LogP contribution is -1.91. The smallest absolute Gasteiger partial charge is 0.0181 e. The van der Waals surface area contributed by atoms with Crippen LogP contribution in [0.5, 0.6) is 0 Å². The van der Waals surface area contributed by atoms with Crippen molar-refractivity contribution in [3.05, 3.63) is 57.6 Å². The Bertz CT molecular complexity index is 541. The number of hydrogen-bond donors (Lipinski definition) is 0. The van der Waals surface area contributed by atoms with Gasteiger partial charge in [0.1, 0.15) is 0 Å². The van der Waals surface area contributed by atoms with Gasteiger partial charge in [-0.2, -0.15) is 0 Å². The maximum atomic E-state index is 3.57. The second-order valence-corrected chi connectivity index (χ2v) is 5.39. The van der Waals surface area contributed by atoms with Gasteiger partial charge in [-0.05, 0) is 54.7 Å². The zero-order chi connectivity index (χ0) is 12.4. The Morgan fingerprint density at radius 3 is 2.41 bits per heavy atom. The summed E-state index contributed by atoms with van der Waals surface area (Å²) in [7, 11) is 0. The lowest BCUT2D eigenvalue weighted by Gasteiger charge is -2.12. The van der Waals surface area contributed by atoms with Crippen molar-refractivity contribution >= 4 is 15.9 Å². The zero-order valence-corrected chi connectivity index (χ0v) is 12.1. The van der Waals surface area contributed by atoms with E-state index in [2.05, 4.69) is 73.1 Å². The molecule has 2 rings (SSSR count). The summed E-state index contributed by atoms with van der Waals surface area (Å²) in [4.78, 5) is 0. The van der Waals surface area contributed by atoms with Crippen LogP contribution in [0.15, 0.2) is 40.9 Å². The van der Waals surface area contributed by atoms with Crippen LogP contribution in [0.2, 0.25) is 0 Å². The maximum absolute atomic E-state index is 3.57. The lowest BCUT2D eigenvalue weighted by molar-refractivity contribution is 1.14. The van der Waals surface area contributed by atoms with Gasteiger partial charge >= 0.3 is 0 Å². The molecule has 0 nitrogen and oxygen atoms in total. The summed E-state index contributed by atoms with van der Waals surface area (Å²) in [5.74, 6) is 0. The highest BCUT2D eigenvalue weighted by Gasteiger charge is 2.07. The fourth-order valence-electron chi connectivity index (χ4n) is 2.13. The summed E-state index contributed by atoms with van der Waals surface area (Å²) in [5.41, 5.74) is 6.75. The van der Waals surface area contributed by atoms with E-state index in [1.807, 2.05) is 0 Å². The molecule has 0 N–H and O–H groups in total. The Morgan fingerprint density at radius 2 is 1.71 bits per heavy atom. The summed E-state index contributed by atoms with van der Waals surface area (Å²) in [6.07, 6.45) is 1.07. The van der Waals surface area contributed by atoms with Crippen molar-refractivity contribution in [1.82, 2.24) is 0 Å². The maximum Gasteiger partial charge on any atom is 0.0181 e. The van der Waals surface area contributed by atoms with Crippen molar-refractivity contribution in [3.63, 3.8) is 0 Å². The van der Waals surface area contributed by atoms with Gasteiger partial charge < -0.3 is 0 Å². The van der Waals surface area contributed by atoms with Gasteiger partial charge in [0, 0.05) is 4.47 Å². The first-order valence-corrected chi connectivity index (χ1v) is 6.77. The van der Waals surface area contributed by atoms with Crippen LogP contribution >= 0.6 is 15.9 Å². The van der Waals surface area contributed by atoms with Crippen LogP contribution in [-0.2, 0) is 6.42 Å². The summed E-state index contributed by atoms with van der Waals surface area (Å²) >= 11 is 3.57. The Balaban J connectivity index is 2.66. The standard InChI is InChI=1S/C16H17Br/c1-4-13-7-8-14(17)10-16(13)15-9-11(2)5-6-12(15)3/h5-10H,4H2,1-3H3. The van der Waals surface area contributed by atoms with Gasteiger partial charge in [0.25, 0.3) is 0 Å². The third-order valence-corrected chi connectivity index (χ3v) is 3.63. The molecule has 0 aromatic heterocycles. The lowest BCUT2D eigenvalue weighted by atomic mass is 9.93. The highest BCUT2D eigenvalue weighted by Crippen LogP contribution is 2.30. The molecule has 0 spiro atoms. The predicted molar refractivity (Wildman–Crippen MR) is 78.4 cm³/mol. The van der Waals surface area contributed by atoms with E-state index in [9.17, 15) is 0 Å². The molecular weight excluding hydrogens is 272 g/mol. The molecule has 2 aromatic rings. The van der Waals surface area contributed by atoms with E-state index in [0.717, 1.165) is 10.9 Å². The fourth-order valence-corrected chi connectivity index (χ4v) is 2.49. The summed E-state index contributed by atoms with van der Waals surface area (Å²) in [6.45, 7) is 6.53. The van der Waals surface area contributed by atoms with Crippen molar-refractivity contribution in [2.75, 3.05) is 0 Å². The SMILES string of the molecule is CCc1ccc(Br)cc1-c1cc(C)ccc1C. The largest absolute Gasteiger partial charge is 0.0613 e. The molecule has 0 amide bonds. The van der Waals surface area contributed by atoms with E-state index in [1.165, 1.54) is 27.8 Å². The van der Waals surface area contributed by atoms with Gasteiger partial charge in [0.05, 0.1) is 0 Å². The molecule has 0 bridgehead atoms. The average Bonchev–Trinajstić information content (AvgIpc) is 2.32. The molecular formula is C16H17Br. The topological polar surface area (TPSA) is 0 Å². The first kappa shape index (κ1) is 12.4. The molecule has 88 valence electrons. The second-order valence-electron chi connectivity index (χ2n) is 4.47. The molecule has 0 radical (unpaired) electrons. The molecule has 0 aliphatic rings. The zero-order valence-electron chi connectivity index (χ0n) is 10.5. The first-order valence-electron chi connectivity index (χ1n) is 5.98. The molecule has 0 aliphatic heterocycles. The van der Waals surface area contributed by atoms with Gasteiger partial charge in [-0.3, -0.25) is 0 Å². The highest BCUT2D eigenvalue weighted by molar-refractivity contribution is 9.10. The van der Waals surface area contributed by atoms with Gasteiger partial charge in [0.15, 0.2) is 0 Å². The van der Waals surface area contributed by atoms with E-state index in [1.54, 1.807) is 0 Å². The van der Waals surface area contributed by atoms with Crippen LogP contribution in [0.4, 0.5) is 0 Å². The minimum atomic E-state index is 1.07. The molecule has 1 heteroatoms. The molecule has 0 heterocycles. The van der Waals surface area contributed by atoms with Crippen LogP contribution in [-0.4, -0.2) is 0 Å². The van der Waals surface area contributed by atoms with E-state index in [-0.39, 0.29) is 0 Å². The Labute approximate surface area is 112 Å². The fraction of sp³-hybridized carbons (Fsp3) is 0.250. The van der Waals surface area contributed by atoms with E-state index in [0.29, 0.717) is 0 Å². The van der Waals surface area contributed by atoms with Gasteiger partial charge in [-0.1, -0.05) is 52.7 Å². The van der Waals surface area contributed by atoms with Crippen LogP contribution in [0.3, 0.4) is 0 Å². The number of aryl methyl sites for hydroxylation is 3. The highest BCUT2D eigenvalue weighted by atomic mass is 79.9.